The first-order valence-electron chi connectivity index (χ1n) is 4.32. The highest BCUT2D eigenvalue weighted by molar-refractivity contribution is 7.10. The number of aliphatic hydroxyl groups excluding tert-OH is 1. The molecule has 0 bridgehead atoms. The van der Waals surface area contributed by atoms with Gasteiger partial charge in [-0.25, -0.2) is 9.59 Å². The third kappa shape index (κ3) is 3.79. The predicted molar refractivity (Wildman–Crippen MR) is 55.2 cm³/mol. The van der Waals surface area contributed by atoms with Gasteiger partial charge in [0.25, 0.3) is 0 Å². The number of urea groups is 1. The van der Waals surface area contributed by atoms with Gasteiger partial charge in [0.1, 0.15) is 11.0 Å². The molecule has 4 N–H and O–H groups in total. The Labute approximate surface area is 94.5 Å². The Bertz CT molecular complexity index is 355. The summed E-state index contributed by atoms with van der Waals surface area (Å²) in [6, 6.07) is -1.79. The smallest absolute Gasteiger partial charge is 0.326 e. The summed E-state index contributed by atoms with van der Waals surface area (Å²) in [5.41, 5.74) is 0. The molecule has 0 aromatic carbocycles. The fourth-order valence-corrected chi connectivity index (χ4v) is 1.33. The number of nitrogens with one attached hydrogen (secondary N) is 2. The fourth-order valence-electron chi connectivity index (χ4n) is 0.915. The molecular formula is C7H10N4O4S. The Kier molecular flexibility index (Phi) is 4.61. The van der Waals surface area contributed by atoms with Crippen molar-refractivity contribution in [3.63, 3.8) is 0 Å². The number of hydrogen-bond donors (Lipinski definition) is 4. The molecule has 0 radical (unpaired) electrons. The first-order valence-corrected chi connectivity index (χ1v) is 5.09. The molecule has 0 aliphatic rings. The van der Waals surface area contributed by atoms with Crippen LogP contribution >= 0.6 is 11.5 Å². The molecule has 0 aliphatic carbocycles. The lowest BCUT2D eigenvalue weighted by Crippen LogP contribution is -2.43. The van der Waals surface area contributed by atoms with Crippen LogP contribution in [0.15, 0.2) is 6.20 Å². The highest BCUT2D eigenvalue weighted by Crippen LogP contribution is 2.08. The zero-order valence-electron chi connectivity index (χ0n) is 8.08. The molecule has 9 heteroatoms. The van der Waals surface area contributed by atoms with E-state index in [1.807, 2.05) is 0 Å². The Hall–Kier alpha value is -1.74. The van der Waals surface area contributed by atoms with E-state index < -0.39 is 18.0 Å². The normalized spacial score (nSPS) is 11.8. The van der Waals surface area contributed by atoms with E-state index in [0.717, 1.165) is 11.5 Å². The van der Waals surface area contributed by atoms with Gasteiger partial charge in [-0.2, -0.15) is 0 Å². The minimum Gasteiger partial charge on any atom is -0.480 e. The molecule has 0 spiro atoms. The van der Waals surface area contributed by atoms with E-state index >= 15 is 0 Å². The lowest BCUT2D eigenvalue weighted by Gasteiger charge is -2.12. The lowest BCUT2D eigenvalue weighted by molar-refractivity contribution is -0.139. The lowest BCUT2D eigenvalue weighted by atomic mass is 10.2. The number of nitrogens with zero attached hydrogens (tertiary/aromatic N) is 2. The van der Waals surface area contributed by atoms with Gasteiger partial charge in [-0.05, 0) is 0 Å². The van der Waals surface area contributed by atoms with Crippen LogP contribution in [0, 0.1) is 0 Å². The van der Waals surface area contributed by atoms with Gasteiger partial charge < -0.3 is 15.5 Å². The summed E-state index contributed by atoms with van der Waals surface area (Å²) in [5, 5.41) is 25.8. The van der Waals surface area contributed by atoms with E-state index in [2.05, 4.69) is 20.2 Å². The molecule has 0 saturated carbocycles. The monoisotopic (exact) mass is 246 g/mol. The van der Waals surface area contributed by atoms with Gasteiger partial charge in [-0.1, -0.05) is 4.49 Å². The van der Waals surface area contributed by atoms with Crippen LogP contribution in [0.25, 0.3) is 0 Å². The fraction of sp³-hybridized carbons (Fsp3) is 0.429. The minimum absolute atomic E-state index is 0.0519. The van der Waals surface area contributed by atoms with Crippen molar-refractivity contribution in [1.29, 1.82) is 0 Å². The number of carbonyl (C=O) groups excluding carboxylic acids is 1. The van der Waals surface area contributed by atoms with Gasteiger partial charge in [0.15, 0.2) is 0 Å². The number of aromatic nitrogens is 2. The van der Waals surface area contributed by atoms with E-state index in [0.29, 0.717) is 5.00 Å². The van der Waals surface area contributed by atoms with Gasteiger partial charge in [0.05, 0.1) is 6.20 Å². The zero-order chi connectivity index (χ0) is 12.0. The molecular weight excluding hydrogens is 236 g/mol. The maximum atomic E-state index is 11.3. The number of carboxylic acid groups (broad SMARTS) is 1. The molecule has 0 saturated heterocycles. The van der Waals surface area contributed by atoms with Crippen molar-refractivity contribution in [2.24, 2.45) is 0 Å². The van der Waals surface area contributed by atoms with Crippen LogP contribution in [0.5, 0.6) is 0 Å². The summed E-state index contributed by atoms with van der Waals surface area (Å²) in [5.74, 6) is -1.20. The first kappa shape index (κ1) is 12.3. The van der Waals surface area contributed by atoms with E-state index in [-0.39, 0.29) is 13.0 Å². The second kappa shape index (κ2) is 5.98. The Morgan fingerprint density at radius 3 is 2.81 bits per heavy atom. The summed E-state index contributed by atoms with van der Waals surface area (Å²) < 4.78 is 3.52. The maximum absolute atomic E-state index is 11.3. The van der Waals surface area contributed by atoms with Crippen molar-refractivity contribution in [3.05, 3.63) is 6.20 Å². The zero-order valence-corrected chi connectivity index (χ0v) is 8.90. The molecule has 1 heterocycles. The molecule has 0 unspecified atom stereocenters. The van der Waals surface area contributed by atoms with Crippen LogP contribution in [-0.2, 0) is 4.79 Å². The quantitative estimate of drug-likeness (QED) is 0.555. The number of anilines is 1. The van der Waals surface area contributed by atoms with Crippen LogP contribution in [0.1, 0.15) is 6.42 Å². The van der Waals surface area contributed by atoms with Crippen LogP contribution in [0.4, 0.5) is 9.80 Å². The van der Waals surface area contributed by atoms with Crippen molar-refractivity contribution in [2.75, 3.05) is 11.9 Å². The number of aliphatic carboxylic acids is 1. The van der Waals surface area contributed by atoms with E-state index in [1.54, 1.807) is 0 Å². The van der Waals surface area contributed by atoms with Gasteiger partial charge in [0, 0.05) is 24.6 Å². The molecule has 1 atom stereocenters. The molecule has 8 nitrogen and oxygen atoms in total. The average Bonchev–Trinajstić information content (AvgIpc) is 2.69. The molecule has 0 fully saturated rings. The number of rotatable bonds is 5. The predicted octanol–water partition coefficient (Wildman–Crippen LogP) is -0.505. The number of aliphatic hydroxyl groups is 1. The third-order valence-corrected chi connectivity index (χ3v) is 2.20. The van der Waals surface area contributed by atoms with Crippen molar-refractivity contribution in [2.45, 2.75) is 12.5 Å². The minimum atomic E-state index is -1.20. The van der Waals surface area contributed by atoms with Crippen LogP contribution in [0.3, 0.4) is 0 Å². The van der Waals surface area contributed by atoms with Crippen LogP contribution in [-0.4, -0.2) is 44.4 Å². The Morgan fingerprint density at radius 2 is 2.31 bits per heavy atom. The molecule has 88 valence electrons. The standard InChI is InChI=1S/C7H10N4O4S/c12-2-1-4(6(13)14)9-7(15)10-5-3-8-11-16-5/h3-4,12H,1-2H2,(H,13,14)(H2,9,10,15)/t4-/m0/s1. The van der Waals surface area contributed by atoms with Crippen molar-refractivity contribution >= 4 is 28.5 Å². The Morgan fingerprint density at radius 1 is 1.56 bits per heavy atom. The van der Waals surface area contributed by atoms with Crippen molar-refractivity contribution < 1.29 is 19.8 Å². The summed E-state index contributed by atoms with van der Waals surface area (Å²) in [6.45, 7) is -0.320. The number of carbonyl (C=O) groups is 2. The highest BCUT2D eigenvalue weighted by Gasteiger charge is 2.19. The highest BCUT2D eigenvalue weighted by atomic mass is 32.1. The molecule has 1 rings (SSSR count). The summed E-state index contributed by atoms with van der Waals surface area (Å²) in [7, 11) is 0. The topological polar surface area (TPSA) is 124 Å². The van der Waals surface area contributed by atoms with Gasteiger partial charge in [-0.15, -0.1) is 5.10 Å². The maximum Gasteiger partial charge on any atom is 0.326 e. The van der Waals surface area contributed by atoms with E-state index in [1.165, 1.54) is 6.20 Å². The largest absolute Gasteiger partial charge is 0.480 e. The number of carboxylic acids is 1. The average molecular weight is 246 g/mol. The molecule has 16 heavy (non-hydrogen) atoms. The molecule has 1 aromatic rings. The second-order valence-corrected chi connectivity index (χ2v) is 3.57. The molecule has 1 aromatic heterocycles. The van der Waals surface area contributed by atoms with E-state index in [4.69, 9.17) is 10.2 Å². The van der Waals surface area contributed by atoms with Crippen molar-refractivity contribution in [1.82, 2.24) is 14.9 Å². The van der Waals surface area contributed by atoms with Gasteiger partial charge in [0.2, 0.25) is 0 Å². The van der Waals surface area contributed by atoms with Gasteiger partial charge in [-0.3, -0.25) is 5.32 Å². The van der Waals surface area contributed by atoms with Crippen LogP contribution in [0.2, 0.25) is 0 Å². The SMILES string of the molecule is O=C(Nc1cnns1)N[C@@H](CCO)C(=O)O. The molecule has 2 amide bonds. The van der Waals surface area contributed by atoms with E-state index in [9.17, 15) is 9.59 Å². The summed E-state index contributed by atoms with van der Waals surface area (Å²) in [4.78, 5) is 21.9. The van der Waals surface area contributed by atoms with Gasteiger partial charge >= 0.3 is 12.0 Å². The molecule has 0 aliphatic heterocycles. The second-order valence-electron chi connectivity index (χ2n) is 2.78. The summed E-state index contributed by atoms with van der Waals surface area (Å²) in [6.07, 6.45) is 1.29. The summed E-state index contributed by atoms with van der Waals surface area (Å²) >= 11 is 0.970. The first-order chi connectivity index (χ1) is 7.63. The Balaban J connectivity index is 2.45. The number of hydrogen-bond acceptors (Lipinski definition) is 6. The third-order valence-electron chi connectivity index (χ3n) is 1.62. The van der Waals surface area contributed by atoms with Crippen LogP contribution < -0.4 is 10.6 Å². The van der Waals surface area contributed by atoms with Crippen molar-refractivity contribution in [3.8, 4) is 0 Å². The number of amides is 2.